The average molecular weight is 1060 g/mol. The molecule has 19 heteroatoms. The first-order valence-corrected chi connectivity index (χ1v) is 30.0. The van der Waals surface area contributed by atoms with Gasteiger partial charge in [-0.25, -0.2) is 4.57 Å². The molecule has 2 fully saturated rings. The summed E-state index contributed by atoms with van der Waals surface area (Å²) < 4.78 is 50.4. The van der Waals surface area contributed by atoms with Gasteiger partial charge < -0.3 is 55.7 Å². The predicted octanol–water partition coefficient (Wildman–Crippen LogP) is 7.60. The largest absolute Gasteiger partial charge is 0.521 e. The van der Waals surface area contributed by atoms with Crippen molar-refractivity contribution in [3.8, 4) is 0 Å². The highest BCUT2D eigenvalue weighted by atomic mass is 31.2. The monoisotopic (exact) mass is 1060 g/mol. The van der Waals surface area contributed by atoms with Crippen LogP contribution >= 0.6 is 7.82 Å². The Kier molecular flexibility index (Phi) is 35.5. The molecule has 1 aliphatic carbocycles. The van der Waals surface area contributed by atoms with Crippen molar-refractivity contribution >= 4 is 19.8 Å². The molecular formula is C53H104N2O16P+. The summed E-state index contributed by atoms with van der Waals surface area (Å²) in [5.41, 5.74) is 6.29. The molecule has 0 radical (unpaired) electrons. The second-order valence-electron chi connectivity index (χ2n) is 20.6. The van der Waals surface area contributed by atoms with Gasteiger partial charge in [0.15, 0.2) is 6.10 Å². The number of carbonyl (C=O) groups is 2. The number of hydrogen-bond donors (Lipinski definition) is 8. The van der Waals surface area contributed by atoms with Crippen molar-refractivity contribution in [3.63, 3.8) is 0 Å². The first-order valence-electron chi connectivity index (χ1n) is 28.5. The number of quaternary nitrogens is 1. The molecule has 2 rings (SSSR count). The second-order valence-corrected chi connectivity index (χ2v) is 22.1. The third kappa shape index (κ3) is 24.3. The predicted molar refractivity (Wildman–Crippen MR) is 276 cm³/mol. The fraction of sp³-hybridized carbons (Fsp3) is 0.962. The minimum Gasteiger partial charge on any atom is -0.462 e. The van der Waals surface area contributed by atoms with Gasteiger partial charge in [0.1, 0.15) is 69.0 Å². The minimum atomic E-state index is -5.05. The van der Waals surface area contributed by atoms with Crippen LogP contribution in [0.25, 0.3) is 0 Å². The van der Waals surface area contributed by atoms with E-state index in [1.807, 2.05) is 0 Å². The van der Waals surface area contributed by atoms with Gasteiger partial charge in [0.2, 0.25) is 0 Å². The molecule has 1 heterocycles. The number of phosphoric acid groups is 1. The van der Waals surface area contributed by atoms with Gasteiger partial charge in [-0.3, -0.25) is 18.6 Å². The molecule has 18 nitrogen and oxygen atoms in total. The maximum atomic E-state index is 15.2. The quantitative estimate of drug-likeness (QED) is 0.00959. The van der Waals surface area contributed by atoms with E-state index in [-0.39, 0.29) is 37.1 Å². The third-order valence-electron chi connectivity index (χ3n) is 14.9. The highest BCUT2D eigenvalue weighted by Gasteiger charge is 2.59. The van der Waals surface area contributed by atoms with Crippen molar-refractivity contribution in [2.45, 2.75) is 281 Å². The molecule has 1 unspecified atom stereocenters. The van der Waals surface area contributed by atoms with E-state index in [4.69, 9.17) is 33.6 Å². The number of hydrogen-bond acceptors (Lipinski definition) is 17. The number of carbonyl (C=O) groups excluding carboxylic acids is 2. The van der Waals surface area contributed by atoms with Crippen LogP contribution in [0.4, 0.5) is 0 Å². The molecule has 1 saturated carbocycles. The summed E-state index contributed by atoms with van der Waals surface area (Å²) in [6, 6.07) is -1.51. The molecule has 0 bridgehead atoms. The van der Waals surface area contributed by atoms with E-state index in [0.29, 0.717) is 12.8 Å². The molecule has 0 aromatic carbocycles. The Morgan fingerprint density at radius 3 is 1.40 bits per heavy atom. The summed E-state index contributed by atoms with van der Waals surface area (Å²) in [4.78, 5) is 26.4. The van der Waals surface area contributed by atoms with Crippen LogP contribution in [-0.4, -0.2) is 159 Å². The zero-order valence-electron chi connectivity index (χ0n) is 45.2. The summed E-state index contributed by atoms with van der Waals surface area (Å²) in [5.74, 6) is -2.75. The van der Waals surface area contributed by atoms with Crippen LogP contribution < -0.4 is 5.73 Å². The maximum Gasteiger partial charge on any atom is 0.521 e. The summed E-state index contributed by atoms with van der Waals surface area (Å²) >= 11 is 0. The molecule has 0 spiro atoms. The number of esters is 2. The van der Waals surface area contributed by atoms with Crippen LogP contribution in [0.5, 0.6) is 0 Å². The molecule has 9 N–H and O–H groups in total. The standard InChI is InChI=1S/C53H104N2O16P/c1-6-11-13-15-17-19-21-23-25-27-29-31-33-35-42(57)66-38-40(68-43(58)36-34-32-30-28-26-24-22-20-18-16-14-12-7-2)39-67-72(65,71-55(8-3,9-4)10-5)70-53-44(47(60)49(62)50(63)51(53)64)52-45(54)48(61)46(59)41(37-56)69-52/h40-41,44-53,56,59-64H,6-39,54H2,1-5H3/q+1/t40-,41-,44+,45-,46+,47-,48-,49+,50-,51-,52-,53+,72?/m1/s1. The van der Waals surface area contributed by atoms with Gasteiger partial charge >= 0.3 is 19.8 Å². The zero-order valence-corrected chi connectivity index (χ0v) is 46.1. The van der Waals surface area contributed by atoms with Crippen LogP contribution in [0.1, 0.15) is 214 Å². The number of hydroxylamine groups is 3. The van der Waals surface area contributed by atoms with Gasteiger partial charge in [0.05, 0.1) is 31.5 Å². The molecule has 0 aromatic rings. The van der Waals surface area contributed by atoms with Crippen LogP contribution in [0.15, 0.2) is 0 Å². The normalized spacial score (nSPS) is 27.1. The van der Waals surface area contributed by atoms with Crippen molar-refractivity contribution in [2.24, 2.45) is 11.7 Å². The topological polar surface area (TPSA) is 274 Å². The van der Waals surface area contributed by atoms with E-state index in [2.05, 4.69) is 13.8 Å². The number of nitrogens with zero attached hydrogens (tertiary/aromatic N) is 1. The SMILES string of the molecule is CCCCCCCCCCCCCCCC(=O)OC[C@H](COP(=O)(O[C@@H]1[C@H](O)[C@H](O)[C@@H](O)[C@H](O)[C@H]1[C@H]1O[C@H](CO)[C@H](O)[C@H](O)[C@H]1N)O[N+](CC)(CC)CC)OC(=O)CCCCCCCCCCCCCCC. The summed E-state index contributed by atoms with van der Waals surface area (Å²) in [6.45, 7) is 8.60. The van der Waals surface area contributed by atoms with E-state index in [9.17, 15) is 45.3 Å². The lowest BCUT2D eigenvalue weighted by molar-refractivity contribution is -1.08. The first kappa shape index (κ1) is 66.8. The molecule has 426 valence electrons. The average Bonchev–Trinajstić information content (AvgIpc) is 3.37. The molecule has 2 aliphatic rings. The molecule has 13 atom stereocenters. The molecule has 0 amide bonds. The van der Waals surface area contributed by atoms with Gasteiger partial charge in [-0.15, -0.1) is 0 Å². The van der Waals surface area contributed by atoms with Crippen LogP contribution in [-0.2, 0) is 42.0 Å². The van der Waals surface area contributed by atoms with Gasteiger partial charge in [0, 0.05) is 18.8 Å². The number of nitrogens with two attached hydrogens (primary N) is 1. The lowest BCUT2D eigenvalue weighted by atomic mass is 9.72. The molecule has 72 heavy (non-hydrogen) atoms. The van der Waals surface area contributed by atoms with Gasteiger partial charge in [0.25, 0.3) is 0 Å². The number of aliphatic hydroxyl groups is 7. The van der Waals surface area contributed by atoms with Crippen LogP contribution in [0.2, 0.25) is 0 Å². The fourth-order valence-electron chi connectivity index (χ4n) is 9.92. The lowest BCUT2D eigenvalue weighted by Gasteiger charge is -2.51. The highest BCUT2D eigenvalue weighted by molar-refractivity contribution is 7.48. The van der Waals surface area contributed by atoms with Crippen molar-refractivity contribution in [3.05, 3.63) is 0 Å². The number of unbranched alkanes of at least 4 members (excludes halogenated alkanes) is 24. The Morgan fingerprint density at radius 2 is 0.972 bits per heavy atom. The third-order valence-corrected chi connectivity index (χ3v) is 16.4. The second kappa shape index (κ2) is 38.2. The van der Waals surface area contributed by atoms with Gasteiger partial charge in [-0.05, 0) is 33.6 Å². The van der Waals surface area contributed by atoms with Gasteiger partial charge in [-0.2, -0.15) is 4.65 Å². The maximum absolute atomic E-state index is 15.2. The zero-order chi connectivity index (χ0) is 53.4. The molecule has 1 aliphatic heterocycles. The first-order chi connectivity index (χ1) is 34.6. The van der Waals surface area contributed by atoms with Crippen molar-refractivity contribution in [1.29, 1.82) is 0 Å². The van der Waals surface area contributed by atoms with Crippen molar-refractivity contribution in [1.82, 2.24) is 0 Å². The lowest BCUT2D eigenvalue weighted by Crippen LogP contribution is -2.71. The molecule has 1 saturated heterocycles. The molecule has 0 aromatic heterocycles. The van der Waals surface area contributed by atoms with Crippen LogP contribution in [0, 0.1) is 5.92 Å². The van der Waals surface area contributed by atoms with E-state index in [1.165, 1.54) is 109 Å². The summed E-state index contributed by atoms with van der Waals surface area (Å²) in [7, 11) is -5.05. The van der Waals surface area contributed by atoms with Crippen molar-refractivity contribution in [2.75, 3.05) is 39.5 Å². The summed E-state index contributed by atoms with van der Waals surface area (Å²) in [6.07, 6.45) is 12.3. The Balaban J connectivity index is 2.21. The fourth-order valence-corrected chi connectivity index (χ4v) is 11.8. The minimum absolute atomic E-state index is 0.0818. The van der Waals surface area contributed by atoms with E-state index < -0.39 is 113 Å². The Bertz CT molecular complexity index is 1440. The highest BCUT2D eigenvalue weighted by Crippen LogP contribution is 2.56. The van der Waals surface area contributed by atoms with E-state index in [1.54, 1.807) is 20.8 Å². The smallest absolute Gasteiger partial charge is 0.462 e. The van der Waals surface area contributed by atoms with Crippen LogP contribution in [0.3, 0.4) is 0 Å². The number of aliphatic hydroxyl groups excluding tert-OH is 7. The molecular weight excluding hydrogens is 952 g/mol. The van der Waals surface area contributed by atoms with E-state index in [0.717, 1.165) is 44.9 Å². The van der Waals surface area contributed by atoms with E-state index >= 15 is 4.57 Å². The number of phosphoric ester groups is 1. The van der Waals surface area contributed by atoms with Crippen molar-refractivity contribution < 1.29 is 82.4 Å². The Labute approximate surface area is 433 Å². The summed E-state index contributed by atoms with van der Waals surface area (Å²) in [5, 5.41) is 76.0. The Hall–Kier alpha value is -1.35. The van der Waals surface area contributed by atoms with Gasteiger partial charge in [-0.1, -0.05) is 173 Å². The Morgan fingerprint density at radius 1 is 0.556 bits per heavy atom. The number of rotatable bonds is 43. The number of ether oxygens (including phenoxy) is 3.